The van der Waals surface area contributed by atoms with E-state index in [1.165, 1.54) is 0 Å². The standard InChI is InChI=1S/C15H19N3O3/c1-2-10(7-8-19)9-16-13-11-5-3-4-6-12(11)17-14(18-13)15(20)21/h3-6,10,19H,2,7-9H2,1H3,(H,20,21)(H,16,17,18). The van der Waals surface area contributed by atoms with Gasteiger partial charge in [-0.3, -0.25) is 0 Å². The number of carbonyl (C=O) groups is 1. The molecular formula is C15H19N3O3. The van der Waals surface area contributed by atoms with Crippen molar-refractivity contribution in [2.75, 3.05) is 18.5 Å². The summed E-state index contributed by atoms with van der Waals surface area (Å²) in [4.78, 5) is 19.2. The van der Waals surface area contributed by atoms with Crippen LogP contribution in [0.3, 0.4) is 0 Å². The van der Waals surface area contributed by atoms with E-state index >= 15 is 0 Å². The molecule has 1 aromatic carbocycles. The first-order valence-electron chi connectivity index (χ1n) is 7.00. The van der Waals surface area contributed by atoms with E-state index in [2.05, 4.69) is 22.2 Å². The Labute approximate surface area is 122 Å². The zero-order chi connectivity index (χ0) is 15.2. The molecule has 0 aliphatic carbocycles. The van der Waals surface area contributed by atoms with Gasteiger partial charge in [0, 0.05) is 18.5 Å². The van der Waals surface area contributed by atoms with Gasteiger partial charge < -0.3 is 15.5 Å². The first-order valence-corrected chi connectivity index (χ1v) is 7.00. The predicted octanol–water partition coefficient (Wildman–Crippen LogP) is 2.15. The number of nitrogens with zero attached hydrogens (tertiary/aromatic N) is 2. The van der Waals surface area contributed by atoms with Crippen LogP contribution in [0.1, 0.15) is 30.4 Å². The summed E-state index contributed by atoms with van der Waals surface area (Å²) < 4.78 is 0. The lowest BCUT2D eigenvalue weighted by Crippen LogP contribution is -2.17. The van der Waals surface area contributed by atoms with Crippen molar-refractivity contribution in [1.29, 1.82) is 0 Å². The summed E-state index contributed by atoms with van der Waals surface area (Å²) in [5, 5.41) is 22.1. The molecule has 2 rings (SSSR count). The third kappa shape index (κ3) is 3.66. The lowest BCUT2D eigenvalue weighted by Gasteiger charge is -2.16. The van der Waals surface area contributed by atoms with Gasteiger partial charge in [0.25, 0.3) is 0 Å². The first kappa shape index (κ1) is 15.2. The summed E-state index contributed by atoms with van der Waals surface area (Å²) in [5.74, 6) is -0.524. The van der Waals surface area contributed by atoms with Gasteiger partial charge in [-0.15, -0.1) is 0 Å². The smallest absolute Gasteiger partial charge is 0.374 e. The molecule has 1 heterocycles. The van der Waals surface area contributed by atoms with Gasteiger partial charge in [-0.05, 0) is 24.5 Å². The van der Waals surface area contributed by atoms with Crippen LogP contribution in [0.15, 0.2) is 24.3 Å². The molecule has 0 aliphatic heterocycles. The molecule has 6 nitrogen and oxygen atoms in total. The Hall–Kier alpha value is -2.21. The summed E-state index contributed by atoms with van der Waals surface area (Å²) in [6.07, 6.45) is 1.64. The average molecular weight is 289 g/mol. The highest BCUT2D eigenvalue weighted by Crippen LogP contribution is 2.21. The zero-order valence-electron chi connectivity index (χ0n) is 11.9. The van der Waals surface area contributed by atoms with Crippen LogP contribution >= 0.6 is 0 Å². The number of hydrogen-bond donors (Lipinski definition) is 3. The molecule has 21 heavy (non-hydrogen) atoms. The van der Waals surface area contributed by atoms with Gasteiger partial charge in [0.2, 0.25) is 5.82 Å². The molecule has 6 heteroatoms. The fourth-order valence-corrected chi connectivity index (χ4v) is 2.18. The molecule has 2 aromatic rings. The van der Waals surface area contributed by atoms with E-state index in [0.717, 1.165) is 11.8 Å². The summed E-state index contributed by atoms with van der Waals surface area (Å²) in [6, 6.07) is 7.30. The summed E-state index contributed by atoms with van der Waals surface area (Å²) in [5.41, 5.74) is 0.600. The van der Waals surface area contributed by atoms with Gasteiger partial charge in [0.05, 0.1) is 5.52 Å². The Morgan fingerprint density at radius 1 is 1.33 bits per heavy atom. The first-order chi connectivity index (χ1) is 10.2. The fraction of sp³-hybridized carbons (Fsp3) is 0.400. The van der Waals surface area contributed by atoms with Gasteiger partial charge in [-0.1, -0.05) is 25.5 Å². The minimum Gasteiger partial charge on any atom is -0.475 e. The molecule has 0 aliphatic rings. The molecule has 0 amide bonds. The third-order valence-electron chi connectivity index (χ3n) is 3.47. The monoisotopic (exact) mass is 289 g/mol. The lowest BCUT2D eigenvalue weighted by molar-refractivity contribution is 0.0684. The van der Waals surface area contributed by atoms with E-state index in [1.54, 1.807) is 6.07 Å². The summed E-state index contributed by atoms with van der Waals surface area (Å²) in [6.45, 7) is 2.84. The number of hydrogen-bond acceptors (Lipinski definition) is 5. The quantitative estimate of drug-likeness (QED) is 0.723. The maximum absolute atomic E-state index is 11.1. The molecular weight excluding hydrogens is 270 g/mol. The Kier molecular flexibility index (Phi) is 5.05. The Balaban J connectivity index is 2.30. The fourth-order valence-electron chi connectivity index (χ4n) is 2.18. The van der Waals surface area contributed by atoms with Crippen LogP contribution < -0.4 is 5.32 Å². The number of para-hydroxylation sites is 1. The van der Waals surface area contributed by atoms with Crippen molar-refractivity contribution in [3.63, 3.8) is 0 Å². The minimum absolute atomic E-state index is 0.144. The Morgan fingerprint density at radius 3 is 2.76 bits per heavy atom. The van der Waals surface area contributed by atoms with E-state index in [-0.39, 0.29) is 12.4 Å². The number of carboxylic acids is 1. The number of aliphatic hydroxyl groups excluding tert-OH is 1. The SMILES string of the molecule is CCC(CCO)CNc1nc(C(=O)O)nc2ccccc12. The van der Waals surface area contributed by atoms with Crippen molar-refractivity contribution in [2.24, 2.45) is 5.92 Å². The third-order valence-corrected chi connectivity index (χ3v) is 3.47. The van der Waals surface area contributed by atoms with Crippen molar-refractivity contribution in [2.45, 2.75) is 19.8 Å². The van der Waals surface area contributed by atoms with Crippen LogP contribution in [0, 0.1) is 5.92 Å². The van der Waals surface area contributed by atoms with Gasteiger partial charge in [0.1, 0.15) is 5.82 Å². The van der Waals surface area contributed by atoms with Crippen molar-refractivity contribution in [3.05, 3.63) is 30.1 Å². The van der Waals surface area contributed by atoms with E-state index < -0.39 is 5.97 Å². The van der Waals surface area contributed by atoms with Crippen molar-refractivity contribution < 1.29 is 15.0 Å². The van der Waals surface area contributed by atoms with Gasteiger partial charge in [0.15, 0.2) is 0 Å². The zero-order valence-corrected chi connectivity index (χ0v) is 11.9. The number of anilines is 1. The highest BCUT2D eigenvalue weighted by molar-refractivity contribution is 5.93. The molecule has 3 N–H and O–H groups in total. The number of fused-ring (bicyclic) bond motifs is 1. The number of aliphatic hydroxyl groups is 1. The molecule has 112 valence electrons. The van der Waals surface area contributed by atoms with Crippen molar-refractivity contribution in [1.82, 2.24) is 9.97 Å². The maximum atomic E-state index is 11.1. The second-order valence-corrected chi connectivity index (χ2v) is 4.89. The van der Waals surface area contributed by atoms with Crippen LogP contribution in [0.2, 0.25) is 0 Å². The number of nitrogens with one attached hydrogen (secondary N) is 1. The number of aromatic carboxylic acids is 1. The Morgan fingerprint density at radius 2 is 2.10 bits per heavy atom. The van der Waals surface area contributed by atoms with Crippen LogP contribution in [0.5, 0.6) is 0 Å². The van der Waals surface area contributed by atoms with Crippen LogP contribution in [0.4, 0.5) is 5.82 Å². The number of aromatic nitrogens is 2. The van der Waals surface area contributed by atoms with Crippen molar-refractivity contribution >= 4 is 22.7 Å². The van der Waals surface area contributed by atoms with Gasteiger partial charge >= 0.3 is 5.97 Å². The second-order valence-electron chi connectivity index (χ2n) is 4.89. The van der Waals surface area contributed by atoms with E-state index in [1.807, 2.05) is 18.2 Å². The minimum atomic E-state index is -1.15. The molecule has 1 aromatic heterocycles. The molecule has 1 atom stereocenters. The molecule has 0 spiro atoms. The summed E-state index contributed by atoms with van der Waals surface area (Å²) >= 11 is 0. The molecule has 0 fully saturated rings. The summed E-state index contributed by atoms with van der Waals surface area (Å²) in [7, 11) is 0. The molecule has 0 saturated heterocycles. The van der Waals surface area contributed by atoms with Gasteiger partial charge in [-0.25, -0.2) is 14.8 Å². The van der Waals surface area contributed by atoms with E-state index in [0.29, 0.717) is 30.2 Å². The number of carboxylic acid groups (broad SMARTS) is 1. The maximum Gasteiger partial charge on any atom is 0.374 e. The topological polar surface area (TPSA) is 95.3 Å². The molecule has 0 radical (unpaired) electrons. The number of benzene rings is 1. The van der Waals surface area contributed by atoms with Crippen LogP contribution in [-0.2, 0) is 0 Å². The highest BCUT2D eigenvalue weighted by atomic mass is 16.4. The van der Waals surface area contributed by atoms with Crippen molar-refractivity contribution in [3.8, 4) is 0 Å². The highest BCUT2D eigenvalue weighted by Gasteiger charge is 2.13. The predicted molar refractivity (Wildman–Crippen MR) is 80.5 cm³/mol. The van der Waals surface area contributed by atoms with E-state index in [4.69, 9.17) is 10.2 Å². The number of rotatable bonds is 7. The Bertz CT molecular complexity index is 631. The molecule has 1 unspecified atom stereocenters. The molecule has 0 bridgehead atoms. The molecule has 0 saturated carbocycles. The van der Waals surface area contributed by atoms with E-state index in [9.17, 15) is 4.79 Å². The second kappa shape index (κ2) is 6.99. The van der Waals surface area contributed by atoms with Crippen LogP contribution in [0.25, 0.3) is 10.9 Å². The lowest BCUT2D eigenvalue weighted by atomic mass is 10.0. The van der Waals surface area contributed by atoms with Gasteiger partial charge in [-0.2, -0.15) is 0 Å². The van der Waals surface area contributed by atoms with Crippen LogP contribution in [-0.4, -0.2) is 39.3 Å². The normalized spacial score (nSPS) is 12.3. The average Bonchev–Trinajstić information content (AvgIpc) is 2.50. The largest absolute Gasteiger partial charge is 0.475 e.